The Morgan fingerprint density at radius 1 is 1.23 bits per heavy atom. The van der Waals surface area contributed by atoms with E-state index in [-0.39, 0.29) is 5.91 Å². The summed E-state index contributed by atoms with van der Waals surface area (Å²) in [7, 11) is 0. The number of nitrogens with zero attached hydrogens (tertiary/aromatic N) is 4. The van der Waals surface area contributed by atoms with Crippen molar-refractivity contribution in [3.05, 3.63) is 23.8 Å². The Labute approximate surface area is 131 Å². The maximum Gasteiger partial charge on any atom is 0.236 e. The van der Waals surface area contributed by atoms with Crippen molar-refractivity contribution in [2.24, 2.45) is 0 Å². The fourth-order valence-corrected chi connectivity index (χ4v) is 3.17. The van der Waals surface area contributed by atoms with E-state index in [0.717, 1.165) is 50.4 Å². The van der Waals surface area contributed by atoms with Crippen molar-refractivity contribution in [2.45, 2.75) is 25.7 Å². The van der Waals surface area contributed by atoms with Gasteiger partial charge in [0.15, 0.2) is 0 Å². The van der Waals surface area contributed by atoms with E-state index in [0.29, 0.717) is 25.7 Å². The number of aryl methyl sites for hydroxylation is 1. The molecule has 6 nitrogen and oxygen atoms in total. The number of ether oxygens (including phenoxy) is 1. The van der Waals surface area contributed by atoms with Gasteiger partial charge in [-0.15, -0.1) is 0 Å². The molecule has 0 N–H and O–H groups in total. The second-order valence-electron chi connectivity index (χ2n) is 6.13. The van der Waals surface area contributed by atoms with Gasteiger partial charge in [0, 0.05) is 31.4 Å². The molecule has 0 unspecified atom stereocenters. The Hall–Kier alpha value is -1.53. The van der Waals surface area contributed by atoms with Gasteiger partial charge in [-0.1, -0.05) is 0 Å². The number of amides is 1. The van der Waals surface area contributed by atoms with Crippen LogP contribution < -0.4 is 0 Å². The second-order valence-corrected chi connectivity index (χ2v) is 6.13. The lowest BCUT2D eigenvalue weighted by molar-refractivity contribution is -0.136. The van der Waals surface area contributed by atoms with Gasteiger partial charge in [0.25, 0.3) is 0 Å². The molecule has 2 aliphatic rings. The molecule has 0 radical (unpaired) electrons. The summed E-state index contributed by atoms with van der Waals surface area (Å²) in [6.07, 6.45) is 5.77. The van der Waals surface area contributed by atoms with Gasteiger partial charge in [0.1, 0.15) is 0 Å². The lowest BCUT2D eigenvalue weighted by Gasteiger charge is -2.33. The van der Waals surface area contributed by atoms with Crippen molar-refractivity contribution in [3.8, 4) is 0 Å². The Bertz CT molecular complexity index is 509. The van der Waals surface area contributed by atoms with E-state index >= 15 is 0 Å². The van der Waals surface area contributed by atoms with Crippen LogP contribution >= 0.6 is 0 Å². The molecule has 2 saturated heterocycles. The lowest BCUT2D eigenvalue weighted by Crippen LogP contribution is -2.47. The Balaban J connectivity index is 1.48. The van der Waals surface area contributed by atoms with E-state index in [2.05, 4.69) is 14.9 Å². The minimum atomic E-state index is 0.233. The molecule has 0 atom stereocenters. The first-order valence-electron chi connectivity index (χ1n) is 8.09. The maximum absolute atomic E-state index is 12.3. The van der Waals surface area contributed by atoms with Crippen LogP contribution in [-0.2, 0) is 9.53 Å². The molecule has 120 valence electrons. The summed E-state index contributed by atoms with van der Waals surface area (Å²) < 4.78 is 5.29. The summed E-state index contributed by atoms with van der Waals surface area (Å²) >= 11 is 0. The van der Waals surface area contributed by atoms with Gasteiger partial charge < -0.3 is 9.64 Å². The van der Waals surface area contributed by atoms with E-state index < -0.39 is 0 Å². The number of carbonyl (C=O) groups excluding carboxylic acids is 1. The summed E-state index contributed by atoms with van der Waals surface area (Å²) in [6, 6.07) is 0. The highest BCUT2D eigenvalue weighted by Gasteiger charge is 2.25. The molecular formula is C16H24N4O2. The SMILES string of the molecule is Cc1cncc(C2CCN(CC(=O)N3CCOCC3)CC2)n1. The molecule has 6 heteroatoms. The molecule has 1 aromatic heterocycles. The van der Waals surface area contributed by atoms with Crippen LogP contribution in [0.4, 0.5) is 0 Å². The van der Waals surface area contributed by atoms with Gasteiger partial charge in [-0.25, -0.2) is 0 Å². The first-order chi connectivity index (χ1) is 10.7. The summed E-state index contributed by atoms with van der Waals surface area (Å²) in [4.78, 5) is 25.3. The zero-order valence-corrected chi connectivity index (χ0v) is 13.2. The highest BCUT2D eigenvalue weighted by Crippen LogP contribution is 2.26. The number of carbonyl (C=O) groups is 1. The quantitative estimate of drug-likeness (QED) is 0.827. The molecule has 0 saturated carbocycles. The third kappa shape index (κ3) is 3.81. The smallest absolute Gasteiger partial charge is 0.236 e. The average molecular weight is 304 g/mol. The van der Waals surface area contributed by atoms with Crippen LogP contribution in [0, 0.1) is 6.92 Å². The van der Waals surface area contributed by atoms with Gasteiger partial charge in [-0.3, -0.25) is 19.7 Å². The molecule has 2 fully saturated rings. The first-order valence-corrected chi connectivity index (χ1v) is 8.09. The standard InChI is InChI=1S/C16H24N4O2/c1-13-10-17-11-15(18-13)14-2-4-19(5-3-14)12-16(21)20-6-8-22-9-7-20/h10-11,14H,2-9,12H2,1H3. The fraction of sp³-hybridized carbons (Fsp3) is 0.688. The van der Waals surface area contributed by atoms with Gasteiger partial charge in [0.05, 0.1) is 31.1 Å². The van der Waals surface area contributed by atoms with Gasteiger partial charge >= 0.3 is 0 Å². The molecule has 0 aromatic carbocycles. The number of morpholine rings is 1. The molecular weight excluding hydrogens is 280 g/mol. The van der Waals surface area contributed by atoms with Crippen molar-refractivity contribution in [2.75, 3.05) is 45.9 Å². The van der Waals surface area contributed by atoms with Crippen molar-refractivity contribution in [1.82, 2.24) is 19.8 Å². The van der Waals surface area contributed by atoms with E-state index in [9.17, 15) is 4.79 Å². The highest BCUT2D eigenvalue weighted by molar-refractivity contribution is 5.78. The average Bonchev–Trinajstić information content (AvgIpc) is 2.56. The number of hydrogen-bond donors (Lipinski definition) is 0. The predicted molar refractivity (Wildman–Crippen MR) is 82.6 cm³/mol. The molecule has 3 heterocycles. The number of likely N-dealkylation sites (tertiary alicyclic amines) is 1. The summed E-state index contributed by atoms with van der Waals surface area (Å²) in [5.74, 6) is 0.708. The minimum Gasteiger partial charge on any atom is -0.378 e. The Kier molecular flexibility index (Phi) is 5.00. The van der Waals surface area contributed by atoms with Crippen LogP contribution in [0.2, 0.25) is 0 Å². The fourth-order valence-electron chi connectivity index (χ4n) is 3.17. The van der Waals surface area contributed by atoms with Crippen molar-refractivity contribution in [3.63, 3.8) is 0 Å². The number of rotatable bonds is 3. The monoisotopic (exact) mass is 304 g/mol. The lowest BCUT2D eigenvalue weighted by atomic mass is 9.93. The number of piperidine rings is 1. The second kappa shape index (κ2) is 7.15. The largest absolute Gasteiger partial charge is 0.378 e. The summed E-state index contributed by atoms with van der Waals surface area (Å²) in [5.41, 5.74) is 2.07. The van der Waals surface area contributed by atoms with Gasteiger partial charge in [-0.05, 0) is 32.9 Å². The summed E-state index contributed by atoms with van der Waals surface area (Å²) in [5, 5.41) is 0. The van der Waals surface area contributed by atoms with Gasteiger partial charge in [0.2, 0.25) is 5.91 Å². The Morgan fingerprint density at radius 2 is 1.95 bits per heavy atom. The van der Waals surface area contributed by atoms with Crippen molar-refractivity contribution in [1.29, 1.82) is 0 Å². The highest BCUT2D eigenvalue weighted by atomic mass is 16.5. The molecule has 0 bridgehead atoms. The van der Waals surface area contributed by atoms with E-state index in [1.165, 1.54) is 0 Å². The van der Waals surface area contributed by atoms with Crippen LogP contribution in [0.5, 0.6) is 0 Å². The van der Waals surface area contributed by atoms with Crippen LogP contribution in [0.15, 0.2) is 12.4 Å². The number of aromatic nitrogens is 2. The molecule has 1 amide bonds. The zero-order chi connectivity index (χ0) is 15.4. The normalized spacial score (nSPS) is 21.0. The van der Waals surface area contributed by atoms with E-state index in [1.807, 2.05) is 18.0 Å². The molecule has 0 aliphatic carbocycles. The topological polar surface area (TPSA) is 58.6 Å². The van der Waals surface area contributed by atoms with Gasteiger partial charge in [-0.2, -0.15) is 0 Å². The zero-order valence-electron chi connectivity index (χ0n) is 13.2. The third-order valence-electron chi connectivity index (χ3n) is 4.50. The molecule has 3 rings (SSSR count). The number of hydrogen-bond acceptors (Lipinski definition) is 5. The van der Waals surface area contributed by atoms with Crippen LogP contribution in [-0.4, -0.2) is 71.6 Å². The van der Waals surface area contributed by atoms with Crippen LogP contribution in [0.1, 0.15) is 30.1 Å². The van der Waals surface area contributed by atoms with Crippen molar-refractivity contribution < 1.29 is 9.53 Å². The molecule has 22 heavy (non-hydrogen) atoms. The van der Waals surface area contributed by atoms with E-state index in [1.54, 1.807) is 6.20 Å². The van der Waals surface area contributed by atoms with Crippen molar-refractivity contribution >= 4 is 5.91 Å². The molecule has 1 aromatic rings. The maximum atomic E-state index is 12.3. The first kappa shape index (κ1) is 15.4. The summed E-state index contributed by atoms with van der Waals surface area (Å²) in [6.45, 7) is 7.22. The van der Waals surface area contributed by atoms with Crippen LogP contribution in [0.3, 0.4) is 0 Å². The predicted octanol–water partition coefficient (Wildman–Crippen LogP) is 0.823. The van der Waals surface area contributed by atoms with E-state index in [4.69, 9.17) is 4.74 Å². The minimum absolute atomic E-state index is 0.233. The molecule has 0 spiro atoms. The molecule has 2 aliphatic heterocycles. The third-order valence-corrected chi connectivity index (χ3v) is 4.50. The Morgan fingerprint density at radius 3 is 2.64 bits per heavy atom. The van der Waals surface area contributed by atoms with Crippen LogP contribution in [0.25, 0.3) is 0 Å².